The van der Waals surface area contributed by atoms with Crippen molar-refractivity contribution in [3.8, 4) is 0 Å². The largest absolute Gasteiger partial charge is 0.307 e. The molecule has 0 bridgehead atoms. The first-order chi connectivity index (χ1) is 10.5. The van der Waals surface area contributed by atoms with Crippen LogP contribution >= 0.6 is 0 Å². The van der Waals surface area contributed by atoms with E-state index in [0.29, 0.717) is 13.1 Å². The Morgan fingerprint density at radius 1 is 0.955 bits per heavy atom. The van der Waals surface area contributed by atoms with Crippen LogP contribution in [0.3, 0.4) is 0 Å². The van der Waals surface area contributed by atoms with E-state index in [1.165, 1.54) is 0 Å². The van der Waals surface area contributed by atoms with Crippen LogP contribution in [0.4, 0.5) is 3.89 Å². The van der Waals surface area contributed by atoms with Crippen LogP contribution in [-0.4, -0.2) is 31.7 Å². The van der Waals surface area contributed by atoms with Crippen molar-refractivity contribution >= 4 is 10.2 Å². The predicted molar refractivity (Wildman–Crippen MR) is 84.7 cm³/mol. The van der Waals surface area contributed by atoms with Crippen LogP contribution in [0.5, 0.6) is 0 Å². The number of hydrogen-bond donors (Lipinski definition) is 0. The Kier molecular flexibility index (Phi) is 4.27. The molecule has 0 spiro atoms. The maximum Gasteiger partial charge on any atom is 0.307 e. The van der Waals surface area contributed by atoms with Gasteiger partial charge in [-0.3, -0.25) is 4.90 Å². The molecule has 1 aliphatic heterocycles. The van der Waals surface area contributed by atoms with E-state index in [0.717, 1.165) is 11.1 Å². The summed E-state index contributed by atoms with van der Waals surface area (Å²) in [5.41, 5.74) is 1.98. The van der Waals surface area contributed by atoms with Gasteiger partial charge in [-0.25, -0.2) is 0 Å². The average Bonchev–Trinajstić information content (AvgIpc) is 2.93. The molecule has 5 heteroatoms. The van der Waals surface area contributed by atoms with E-state index in [4.69, 9.17) is 0 Å². The molecular weight excluding hydrogens is 301 g/mol. The van der Waals surface area contributed by atoms with E-state index in [1.54, 1.807) is 0 Å². The van der Waals surface area contributed by atoms with E-state index < -0.39 is 15.5 Å². The fraction of sp³-hybridized carbons (Fsp3) is 0.294. The van der Waals surface area contributed by atoms with Gasteiger partial charge in [-0.05, 0) is 11.1 Å². The Balaban J connectivity index is 1.83. The van der Waals surface area contributed by atoms with Crippen LogP contribution in [0.15, 0.2) is 60.7 Å². The average molecular weight is 319 g/mol. The smallest absolute Gasteiger partial charge is 0.297 e. The SMILES string of the molecule is O=S(=O)(F)C1CN(Cc2ccccc2)CC1c1ccccc1. The van der Waals surface area contributed by atoms with E-state index in [9.17, 15) is 12.3 Å². The molecule has 2 unspecified atom stereocenters. The first-order valence-corrected chi connectivity index (χ1v) is 8.73. The minimum atomic E-state index is -4.57. The normalized spacial score (nSPS) is 22.8. The topological polar surface area (TPSA) is 37.4 Å². The molecule has 1 heterocycles. The Bertz CT molecular complexity index is 719. The first kappa shape index (κ1) is 15.2. The zero-order valence-electron chi connectivity index (χ0n) is 12.1. The van der Waals surface area contributed by atoms with Crippen molar-refractivity contribution in [3.63, 3.8) is 0 Å². The van der Waals surface area contributed by atoms with Crippen LogP contribution in [0.2, 0.25) is 0 Å². The van der Waals surface area contributed by atoms with Crippen LogP contribution in [0.1, 0.15) is 17.0 Å². The van der Waals surface area contributed by atoms with Crippen molar-refractivity contribution in [2.24, 2.45) is 0 Å². The van der Waals surface area contributed by atoms with Gasteiger partial charge in [0.05, 0.1) is 0 Å². The molecule has 1 saturated heterocycles. The Morgan fingerprint density at radius 2 is 1.55 bits per heavy atom. The highest BCUT2D eigenvalue weighted by atomic mass is 32.3. The molecule has 1 aliphatic rings. The molecule has 116 valence electrons. The lowest BCUT2D eigenvalue weighted by molar-refractivity contribution is 0.326. The molecule has 0 radical (unpaired) electrons. The van der Waals surface area contributed by atoms with Gasteiger partial charge in [-0.2, -0.15) is 8.42 Å². The third-order valence-electron chi connectivity index (χ3n) is 4.18. The highest BCUT2D eigenvalue weighted by molar-refractivity contribution is 7.87. The van der Waals surface area contributed by atoms with Crippen LogP contribution < -0.4 is 0 Å². The highest BCUT2D eigenvalue weighted by Crippen LogP contribution is 2.33. The molecule has 3 rings (SSSR count). The molecule has 1 fully saturated rings. The fourth-order valence-electron chi connectivity index (χ4n) is 3.13. The third kappa shape index (κ3) is 3.36. The molecular formula is C17H18FNO2S. The maximum absolute atomic E-state index is 13.7. The van der Waals surface area contributed by atoms with E-state index in [1.807, 2.05) is 65.6 Å². The quantitative estimate of drug-likeness (QED) is 0.813. The van der Waals surface area contributed by atoms with Crippen molar-refractivity contribution in [2.75, 3.05) is 13.1 Å². The standard InChI is InChI=1S/C17H18FNO2S/c18-22(20,21)17-13-19(11-14-7-3-1-4-8-14)12-16(17)15-9-5-2-6-10-15/h1-10,16-17H,11-13H2. The van der Waals surface area contributed by atoms with Gasteiger partial charge < -0.3 is 0 Å². The zero-order chi connectivity index (χ0) is 15.6. The van der Waals surface area contributed by atoms with Crippen LogP contribution in [-0.2, 0) is 16.8 Å². The summed E-state index contributed by atoms with van der Waals surface area (Å²) in [4.78, 5) is 2.01. The molecule has 3 nitrogen and oxygen atoms in total. The van der Waals surface area contributed by atoms with E-state index in [2.05, 4.69) is 0 Å². The summed E-state index contributed by atoms with van der Waals surface area (Å²) in [6.45, 7) is 1.41. The van der Waals surface area contributed by atoms with Gasteiger partial charge in [0.15, 0.2) is 0 Å². The molecule has 2 aromatic rings. The molecule has 2 aromatic carbocycles. The monoisotopic (exact) mass is 319 g/mol. The lowest BCUT2D eigenvalue weighted by atomic mass is 9.98. The van der Waals surface area contributed by atoms with Gasteiger partial charge >= 0.3 is 10.2 Å². The highest BCUT2D eigenvalue weighted by Gasteiger charge is 2.42. The van der Waals surface area contributed by atoms with Crippen molar-refractivity contribution in [2.45, 2.75) is 17.7 Å². The molecule has 22 heavy (non-hydrogen) atoms. The lowest BCUT2D eigenvalue weighted by Crippen LogP contribution is -2.26. The minimum Gasteiger partial charge on any atom is -0.297 e. The Labute approximate surface area is 130 Å². The summed E-state index contributed by atoms with van der Waals surface area (Å²) in [6.07, 6.45) is 0. The Hall–Kier alpha value is -1.72. The third-order valence-corrected chi connectivity index (χ3v) is 5.38. The number of nitrogens with zero attached hydrogens (tertiary/aromatic N) is 1. The number of benzene rings is 2. The molecule has 2 atom stereocenters. The van der Waals surface area contributed by atoms with Crippen molar-refractivity contribution in [1.29, 1.82) is 0 Å². The van der Waals surface area contributed by atoms with Gasteiger partial charge in [0.25, 0.3) is 0 Å². The summed E-state index contributed by atoms with van der Waals surface area (Å²) in [5, 5.41) is -0.987. The predicted octanol–water partition coefficient (Wildman–Crippen LogP) is 2.95. The van der Waals surface area contributed by atoms with Gasteiger partial charge in [0.2, 0.25) is 0 Å². The Morgan fingerprint density at radius 3 is 2.14 bits per heavy atom. The maximum atomic E-state index is 13.7. The molecule has 0 aliphatic carbocycles. The number of halogens is 1. The van der Waals surface area contributed by atoms with E-state index >= 15 is 0 Å². The summed E-state index contributed by atoms with van der Waals surface area (Å²) in [5.74, 6) is -0.320. The first-order valence-electron chi connectivity index (χ1n) is 7.29. The minimum absolute atomic E-state index is 0.229. The molecule has 0 saturated carbocycles. The summed E-state index contributed by atoms with van der Waals surface area (Å²) < 4.78 is 36.7. The summed E-state index contributed by atoms with van der Waals surface area (Å²) >= 11 is 0. The van der Waals surface area contributed by atoms with Gasteiger partial charge in [-0.15, -0.1) is 3.89 Å². The summed E-state index contributed by atoms with van der Waals surface area (Å²) in [7, 11) is -4.57. The van der Waals surface area contributed by atoms with Crippen LogP contribution in [0, 0.1) is 0 Å². The van der Waals surface area contributed by atoms with Crippen molar-refractivity contribution in [3.05, 3.63) is 71.8 Å². The second-order valence-electron chi connectivity index (χ2n) is 5.71. The van der Waals surface area contributed by atoms with Crippen LogP contribution in [0.25, 0.3) is 0 Å². The number of hydrogen-bond acceptors (Lipinski definition) is 3. The number of likely N-dealkylation sites (tertiary alicyclic amines) is 1. The van der Waals surface area contributed by atoms with Crippen molar-refractivity contribution < 1.29 is 12.3 Å². The molecule has 0 amide bonds. The van der Waals surface area contributed by atoms with E-state index in [-0.39, 0.29) is 12.5 Å². The second-order valence-corrected chi connectivity index (χ2v) is 7.27. The fourth-order valence-corrected chi connectivity index (χ4v) is 4.15. The van der Waals surface area contributed by atoms with Crippen molar-refractivity contribution in [1.82, 2.24) is 4.90 Å². The molecule has 0 aromatic heterocycles. The van der Waals surface area contributed by atoms with Gasteiger partial charge in [0.1, 0.15) is 5.25 Å². The number of rotatable bonds is 4. The summed E-state index contributed by atoms with van der Waals surface area (Å²) in [6, 6.07) is 19.2. The second kappa shape index (κ2) is 6.18. The zero-order valence-corrected chi connectivity index (χ0v) is 12.9. The van der Waals surface area contributed by atoms with Gasteiger partial charge in [-0.1, -0.05) is 60.7 Å². The van der Waals surface area contributed by atoms with Gasteiger partial charge in [0, 0.05) is 25.6 Å². The molecule has 0 N–H and O–H groups in total. The lowest BCUT2D eigenvalue weighted by Gasteiger charge is -2.16.